The highest BCUT2D eigenvalue weighted by molar-refractivity contribution is 6.30. The van der Waals surface area contributed by atoms with Crippen molar-refractivity contribution in [1.29, 1.82) is 0 Å². The van der Waals surface area contributed by atoms with Crippen LogP contribution in [0.2, 0.25) is 5.15 Å². The number of aromatic nitrogens is 1. The van der Waals surface area contributed by atoms with E-state index in [0.29, 0.717) is 18.2 Å². The molecule has 0 unspecified atom stereocenters. The Bertz CT molecular complexity index is 557. The second-order valence-corrected chi connectivity index (χ2v) is 4.83. The van der Waals surface area contributed by atoms with Gasteiger partial charge in [0.15, 0.2) is 5.78 Å². The van der Waals surface area contributed by atoms with Gasteiger partial charge in [0.05, 0.1) is 6.61 Å². The standard InChI is InChI=1S/C16H16ClNO2/c17-16-14(7-4-10-18-16)11-20-12-15(19)9-8-13-5-2-1-3-6-13/h1-7,10H,8-9,11-12H2. The summed E-state index contributed by atoms with van der Waals surface area (Å²) in [4.78, 5) is 15.7. The molecule has 1 aromatic carbocycles. The van der Waals surface area contributed by atoms with E-state index in [1.54, 1.807) is 12.3 Å². The molecule has 0 spiro atoms. The average molecular weight is 290 g/mol. The van der Waals surface area contributed by atoms with E-state index in [2.05, 4.69) is 4.98 Å². The maximum Gasteiger partial charge on any atom is 0.158 e. The third-order valence-electron chi connectivity index (χ3n) is 2.89. The smallest absolute Gasteiger partial charge is 0.158 e. The Morgan fingerprint density at radius 2 is 1.95 bits per heavy atom. The second-order valence-electron chi connectivity index (χ2n) is 4.47. The number of aryl methyl sites for hydroxylation is 1. The summed E-state index contributed by atoms with van der Waals surface area (Å²) in [5, 5.41) is 0.421. The summed E-state index contributed by atoms with van der Waals surface area (Å²) in [5.74, 6) is 0.0915. The molecule has 2 aromatic rings. The number of nitrogens with zero attached hydrogens (tertiary/aromatic N) is 1. The molecule has 4 heteroatoms. The predicted octanol–water partition coefficient (Wildman–Crippen LogP) is 3.45. The second kappa shape index (κ2) is 7.78. The van der Waals surface area contributed by atoms with Crippen LogP contribution in [-0.2, 0) is 22.6 Å². The fourth-order valence-electron chi connectivity index (χ4n) is 1.80. The Morgan fingerprint density at radius 1 is 1.15 bits per heavy atom. The van der Waals surface area contributed by atoms with E-state index in [1.165, 1.54) is 0 Å². The summed E-state index contributed by atoms with van der Waals surface area (Å²) in [7, 11) is 0. The number of ether oxygens (including phenoxy) is 1. The number of carbonyl (C=O) groups excluding carboxylic acids is 1. The van der Waals surface area contributed by atoms with Crippen LogP contribution in [0.4, 0.5) is 0 Å². The lowest BCUT2D eigenvalue weighted by Gasteiger charge is -2.05. The van der Waals surface area contributed by atoms with Crippen LogP contribution in [0.15, 0.2) is 48.7 Å². The van der Waals surface area contributed by atoms with Crippen LogP contribution in [0, 0.1) is 0 Å². The van der Waals surface area contributed by atoms with Gasteiger partial charge < -0.3 is 4.74 Å². The Morgan fingerprint density at radius 3 is 2.70 bits per heavy atom. The summed E-state index contributed by atoms with van der Waals surface area (Å²) < 4.78 is 5.38. The van der Waals surface area contributed by atoms with Crippen LogP contribution in [0.5, 0.6) is 0 Å². The van der Waals surface area contributed by atoms with Gasteiger partial charge in [-0.3, -0.25) is 4.79 Å². The first kappa shape index (κ1) is 14.7. The molecule has 0 atom stereocenters. The van der Waals surface area contributed by atoms with Crippen molar-refractivity contribution in [3.05, 3.63) is 64.9 Å². The van der Waals surface area contributed by atoms with E-state index in [1.807, 2.05) is 36.4 Å². The number of pyridine rings is 1. The molecule has 1 aromatic heterocycles. The highest BCUT2D eigenvalue weighted by Gasteiger charge is 2.05. The normalized spacial score (nSPS) is 10.4. The van der Waals surface area contributed by atoms with Gasteiger partial charge in [-0.25, -0.2) is 4.98 Å². The molecule has 0 aliphatic carbocycles. The Kier molecular flexibility index (Phi) is 5.71. The Balaban J connectivity index is 1.69. The number of halogens is 1. The van der Waals surface area contributed by atoms with Crippen molar-refractivity contribution in [3.63, 3.8) is 0 Å². The van der Waals surface area contributed by atoms with Crippen LogP contribution in [0.25, 0.3) is 0 Å². The largest absolute Gasteiger partial charge is 0.369 e. The van der Waals surface area contributed by atoms with Crippen molar-refractivity contribution in [3.8, 4) is 0 Å². The van der Waals surface area contributed by atoms with Gasteiger partial charge in [0, 0.05) is 18.2 Å². The minimum Gasteiger partial charge on any atom is -0.369 e. The molecule has 0 aliphatic heterocycles. The van der Waals surface area contributed by atoms with Gasteiger partial charge in [0.1, 0.15) is 11.8 Å². The number of benzene rings is 1. The molecule has 0 amide bonds. The topological polar surface area (TPSA) is 39.2 Å². The van der Waals surface area contributed by atoms with Crippen LogP contribution in [0.1, 0.15) is 17.5 Å². The highest BCUT2D eigenvalue weighted by Crippen LogP contribution is 2.12. The van der Waals surface area contributed by atoms with Crippen LogP contribution >= 0.6 is 11.6 Å². The zero-order valence-corrected chi connectivity index (χ0v) is 11.8. The number of Topliss-reactive ketones (excluding diaryl/α,β-unsaturated/α-hetero) is 1. The lowest BCUT2D eigenvalue weighted by molar-refractivity contribution is -0.123. The summed E-state index contributed by atoms with van der Waals surface area (Å²) in [6, 6.07) is 13.6. The molecule has 2 rings (SSSR count). The van der Waals surface area contributed by atoms with E-state index in [4.69, 9.17) is 16.3 Å². The van der Waals surface area contributed by atoms with Crippen molar-refractivity contribution >= 4 is 17.4 Å². The van der Waals surface area contributed by atoms with Crippen LogP contribution in [-0.4, -0.2) is 17.4 Å². The van der Waals surface area contributed by atoms with Gasteiger partial charge in [0.25, 0.3) is 0 Å². The van der Waals surface area contributed by atoms with Gasteiger partial charge >= 0.3 is 0 Å². The monoisotopic (exact) mass is 289 g/mol. The van der Waals surface area contributed by atoms with E-state index >= 15 is 0 Å². The summed E-state index contributed by atoms with van der Waals surface area (Å²) in [6.45, 7) is 0.418. The molecule has 0 radical (unpaired) electrons. The van der Waals surface area contributed by atoms with Gasteiger partial charge in [0.2, 0.25) is 0 Å². The fourth-order valence-corrected chi connectivity index (χ4v) is 1.98. The molecule has 1 heterocycles. The van der Waals surface area contributed by atoms with Crippen LogP contribution < -0.4 is 0 Å². The minimum absolute atomic E-state index is 0.0915. The third kappa shape index (κ3) is 4.76. The first-order chi connectivity index (χ1) is 9.75. The number of ketones is 1. The molecular formula is C16H16ClNO2. The molecule has 3 nitrogen and oxygen atoms in total. The summed E-state index contributed by atoms with van der Waals surface area (Å²) >= 11 is 5.90. The first-order valence-corrected chi connectivity index (χ1v) is 6.86. The zero-order chi connectivity index (χ0) is 14.2. The Hall–Kier alpha value is -1.71. The maximum absolute atomic E-state index is 11.7. The number of carbonyl (C=O) groups is 1. The van der Waals surface area contributed by atoms with Crippen molar-refractivity contribution < 1.29 is 9.53 Å². The number of hydrogen-bond donors (Lipinski definition) is 0. The molecule has 20 heavy (non-hydrogen) atoms. The minimum atomic E-state index is 0.0915. The van der Waals surface area contributed by atoms with Gasteiger partial charge in [-0.05, 0) is 18.1 Å². The summed E-state index contributed by atoms with van der Waals surface area (Å²) in [5.41, 5.74) is 1.96. The highest BCUT2D eigenvalue weighted by atomic mass is 35.5. The molecule has 0 saturated carbocycles. The SMILES string of the molecule is O=C(CCc1ccccc1)COCc1cccnc1Cl. The maximum atomic E-state index is 11.7. The summed E-state index contributed by atoms with van der Waals surface area (Å²) in [6.07, 6.45) is 2.86. The first-order valence-electron chi connectivity index (χ1n) is 6.48. The van der Waals surface area contributed by atoms with E-state index in [-0.39, 0.29) is 12.4 Å². The van der Waals surface area contributed by atoms with Crippen molar-refractivity contribution in [2.24, 2.45) is 0 Å². The van der Waals surface area contributed by atoms with Crippen LogP contribution in [0.3, 0.4) is 0 Å². The van der Waals surface area contributed by atoms with Crippen molar-refractivity contribution in [1.82, 2.24) is 4.98 Å². The lowest BCUT2D eigenvalue weighted by Crippen LogP contribution is -2.09. The molecule has 0 bridgehead atoms. The fraction of sp³-hybridized carbons (Fsp3) is 0.250. The molecule has 0 saturated heterocycles. The van der Waals surface area contributed by atoms with Gasteiger partial charge in [-0.1, -0.05) is 48.0 Å². The quantitative estimate of drug-likeness (QED) is 0.733. The zero-order valence-electron chi connectivity index (χ0n) is 11.1. The number of hydrogen-bond acceptors (Lipinski definition) is 3. The van der Waals surface area contributed by atoms with Crippen molar-refractivity contribution in [2.45, 2.75) is 19.4 Å². The molecule has 0 aliphatic rings. The molecular weight excluding hydrogens is 274 g/mol. The lowest BCUT2D eigenvalue weighted by atomic mass is 10.1. The average Bonchev–Trinajstić information content (AvgIpc) is 2.48. The van der Waals surface area contributed by atoms with Crippen molar-refractivity contribution in [2.75, 3.05) is 6.61 Å². The van der Waals surface area contributed by atoms with E-state index in [0.717, 1.165) is 17.5 Å². The predicted molar refractivity (Wildman–Crippen MR) is 78.7 cm³/mol. The number of rotatable bonds is 7. The molecule has 0 N–H and O–H groups in total. The Labute approximate surface area is 123 Å². The van der Waals surface area contributed by atoms with Gasteiger partial charge in [-0.2, -0.15) is 0 Å². The molecule has 0 fully saturated rings. The van der Waals surface area contributed by atoms with E-state index in [9.17, 15) is 4.79 Å². The van der Waals surface area contributed by atoms with Gasteiger partial charge in [-0.15, -0.1) is 0 Å². The van der Waals surface area contributed by atoms with E-state index < -0.39 is 0 Å². The molecule has 104 valence electrons. The third-order valence-corrected chi connectivity index (χ3v) is 3.23.